The quantitative estimate of drug-likeness (QED) is 0.820. The molecule has 0 saturated carbocycles. The first-order chi connectivity index (χ1) is 14.6. The van der Waals surface area contributed by atoms with Crippen LogP contribution >= 0.6 is 0 Å². The summed E-state index contributed by atoms with van der Waals surface area (Å²) in [6.45, 7) is 2.76. The number of likely N-dealkylation sites (tertiary alicyclic amines) is 1. The van der Waals surface area contributed by atoms with E-state index in [4.69, 9.17) is 4.74 Å². The van der Waals surface area contributed by atoms with E-state index in [1.54, 1.807) is 30.7 Å². The highest BCUT2D eigenvalue weighted by molar-refractivity contribution is 5.92. The zero-order valence-electron chi connectivity index (χ0n) is 17.1. The predicted molar refractivity (Wildman–Crippen MR) is 112 cm³/mol. The molecule has 158 valence electrons. The van der Waals surface area contributed by atoms with Gasteiger partial charge in [0, 0.05) is 44.8 Å². The summed E-state index contributed by atoms with van der Waals surface area (Å²) in [5, 5.41) is 3.02. The topological polar surface area (TPSA) is 84.4 Å². The van der Waals surface area contributed by atoms with Gasteiger partial charge in [-0.3, -0.25) is 19.6 Å². The van der Waals surface area contributed by atoms with Crippen LogP contribution in [0, 0.1) is 5.92 Å². The van der Waals surface area contributed by atoms with Gasteiger partial charge in [-0.15, -0.1) is 0 Å². The van der Waals surface area contributed by atoms with Gasteiger partial charge in [-0.25, -0.2) is 0 Å². The van der Waals surface area contributed by atoms with E-state index in [0.29, 0.717) is 44.3 Å². The maximum absolute atomic E-state index is 12.6. The third-order valence-electron chi connectivity index (χ3n) is 6.15. The molecule has 0 aromatic carbocycles. The Labute approximate surface area is 176 Å². The fourth-order valence-electron chi connectivity index (χ4n) is 4.43. The van der Waals surface area contributed by atoms with E-state index in [0.717, 1.165) is 31.2 Å². The van der Waals surface area contributed by atoms with Gasteiger partial charge < -0.3 is 15.0 Å². The Morgan fingerprint density at radius 1 is 1.17 bits per heavy atom. The van der Waals surface area contributed by atoms with Crippen molar-refractivity contribution in [2.24, 2.45) is 5.92 Å². The fourth-order valence-corrected chi connectivity index (χ4v) is 4.43. The summed E-state index contributed by atoms with van der Waals surface area (Å²) < 4.78 is 6.20. The Kier molecular flexibility index (Phi) is 6.38. The highest BCUT2D eigenvalue weighted by Crippen LogP contribution is 2.37. The van der Waals surface area contributed by atoms with Gasteiger partial charge >= 0.3 is 0 Å². The molecule has 0 bridgehead atoms. The molecule has 0 radical (unpaired) electrons. The lowest BCUT2D eigenvalue weighted by molar-refractivity contribution is -0.146. The van der Waals surface area contributed by atoms with Gasteiger partial charge in [-0.05, 0) is 55.4 Å². The molecule has 4 rings (SSSR count). The monoisotopic (exact) mass is 408 g/mol. The van der Waals surface area contributed by atoms with Gasteiger partial charge in [0.15, 0.2) is 0 Å². The van der Waals surface area contributed by atoms with Crippen LogP contribution in [-0.4, -0.2) is 58.5 Å². The van der Waals surface area contributed by atoms with Crippen molar-refractivity contribution < 1.29 is 14.3 Å². The van der Waals surface area contributed by atoms with Crippen LogP contribution in [0.4, 0.5) is 0 Å². The number of hydrogen-bond acceptors (Lipinski definition) is 5. The van der Waals surface area contributed by atoms with Gasteiger partial charge in [0.2, 0.25) is 5.91 Å². The van der Waals surface area contributed by atoms with E-state index in [-0.39, 0.29) is 17.4 Å². The zero-order chi connectivity index (χ0) is 20.8. The third-order valence-corrected chi connectivity index (χ3v) is 6.15. The smallest absolute Gasteiger partial charge is 0.269 e. The number of rotatable bonds is 5. The highest BCUT2D eigenvalue weighted by atomic mass is 16.5. The Morgan fingerprint density at radius 3 is 2.77 bits per heavy atom. The molecule has 2 saturated heterocycles. The van der Waals surface area contributed by atoms with E-state index in [1.165, 1.54) is 0 Å². The number of amides is 2. The molecule has 2 amide bonds. The maximum Gasteiger partial charge on any atom is 0.269 e. The van der Waals surface area contributed by atoms with Crippen LogP contribution in [0.15, 0.2) is 48.9 Å². The minimum absolute atomic E-state index is 0.132. The van der Waals surface area contributed by atoms with Crippen molar-refractivity contribution in [3.05, 3.63) is 60.2 Å². The molecule has 1 spiro atoms. The first kappa shape index (κ1) is 20.5. The second-order valence-electron chi connectivity index (χ2n) is 8.23. The first-order valence-corrected chi connectivity index (χ1v) is 10.6. The Bertz CT molecular complexity index is 851. The number of nitrogens with zero attached hydrogens (tertiary/aromatic N) is 3. The van der Waals surface area contributed by atoms with Gasteiger partial charge in [0.05, 0.1) is 12.0 Å². The summed E-state index contributed by atoms with van der Waals surface area (Å²) in [7, 11) is 0. The molecule has 7 nitrogen and oxygen atoms in total. The van der Waals surface area contributed by atoms with Crippen molar-refractivity contribution in [2.75, 3.05) is 26.2 Å². The summed E-state index contributed by atoms with van der Waals surface area (Å²) in [5.74, 6) is 0.392. The first-order valence-electron chi connectivity index (χ1n) is 10.6. The van der Waals surface area contributed by atoms with Crippen LogP contribution in [-0.2, 0) is 16.0 Å². The molecule has 2 aliphatic heterocycles. The van der Waals surface area contributed by atoms with Gasteiger partial charge in [0.25, 0.3) is 5.91 Å². The third kappa shape index (κ3) is 5.02. The lowest BCUT2D eigenvalue weighted by atomic mass is 9.79. The molecule has 2 fully saturated rings. The largest absolute Gasteiger partial charge is 0.375 e. The number of carbonyl (C=O) groups excluding carboxylic acids is 2. The molecule has 1 N–H and O–H groups in total. The number of pyridine rings is 2. The minimum Gasteiger partial charge on any atom is -0.375 e. The van der Waals surface area contributed by atoms with Crippen LogP contribution in [0.1, 0.15) is 41.7 Å². The maximum atomic E-state index is 12.6. The molecule has 30 heavy (non-hydrogen) atoms. The molecule has 4 heterocycles. The molecule has 2 aromatic rings. The highest BCUT2D eigenvalue weighted by Gasteiger charge is 2.41. The molecule has 7 heteroatoms. The lowest BCUT2D eigenvalue weighted by Crippen LogP contribution is -2.52. The van der Waals surface area contributed by atoms with E-state index in [1.807, 2.05) is 23.1 Å². The number of carbonyl (C=O) groups is 2. The Hall–Kier alpha value is -2.80. The number of piperidine rings is 1. The van der Waals surface area contributed by atoms with Crippen molar-refractivity contribution in [2.45, 2.75) is 37.7 Å². The standard InChI is InChI=1S/C23H28N4O3/c28-21(14-18-4-3-9-24-16-18)27-11-7-23(8-12-27)15-19(6-13-30-23)17-26-22(29)20-5-1-2-10-25-20/h1-5,9-10,16,19H,6-8,11-15,17H2,(H,26,29). The Balaban J connectivity index is 1.26. The second-order valence-corrected chi connectivity index (χ2v) is 8.23. The van der Waals surface area contributed by atoms with Crippen LogP contribution < -0.4 is 5.32 Å². The SMILES string of the molecule is O=C(NCC1CCOC2(CCN(C(=O)Cc3cccnc3)CC2)C1)c1ccccn1. The van der Waals surface area contributed by atoms with Crippen LogP contribution in [0.3, 0.4) is 0 Å². The van der Waals surface area contributed by atoms with Crippen LogP contribution in [0.2, 0.25) is 0 Å². The van der Waals surface area contributed by atoms with Crippen LogP contribution in [0.25, 0.3) is 0 Å². The molecule has 2 aromatic heterocycles. The van der Waals surface area contributed by atoms with Gasteiger partial charge in [0.1, 0.15) is 5.69 Å². The zero-order valence-corrected chi connectivity index (χ0v) is 17.1. The van der Waals surface area contributed by atoms with Crippen molar-refractivity contribution in [3.63, 3.8) is 0 Å². The predicted octanol–water partition coefficient (Wildman–Crippen LogP) is 2.24. The van der Waals surface area contributed by atoms with E-state index in [9.17, 15) is 9.59 Å². The minimum atomic E-state index is -0.177. The average molecular weight is 409 g/mol. The molecular weight excluding hydrogens is 380 g/mol. The van der Waals surface area contributed by atoms with Crippen molar-refractivity contribution in [3.8, 4) is 0 Å². The summed E-state index contributed by atoms with van der Waals surface area (Å²) >= 11 is 0. The summed E-state index contributed by atoms with van der Waals surface area (Å²) in [5.41, 5.74) is 1.21. The van der Waals surface area contributed by atoms with Crippen molar-refractivity contribution >= 4 is 11.8 Å². The fraction of sp³-hybridized carbons (Fsp3) is 0.478. The summed E-state index contributed by atoms with van der Waals surface area (Å²) in [4.78, 5) is 35.0. The number of nitrogens with one attached hydrogen (secondary N) is 1. The molecule has 1 unspecified atom stereocenters. The van der Waals surface area contributed by atoms with E-state index < -0.39 is 0 Å². The average Bonchev–Trinajstić information content (AvgIpc) is 2.79. The van der Waals surface area contributed by atoms with Gasteiger partial charge in [-0.1, -0.05) is 12.1 Å². The van der Waals surface area contributed by atoms with Crippen LogP contribution in [0.5, 0.6) is 0 Å². The van der Waals surface area contributed by atoms with Crippen molar-refractivity contribution in [1.82, 2.24) is 20.2 Å². The van der Waals surface area contributed by atoms with E-state index >= 15 is 0 Å². The van der Waals surface area contributed by atoms with E-state index in [2.05, 4.69) is 15.3 Å². The summed E-state index contributed by atoms with van der Waals surface area (Å²) in [6.07, 6.45) is 9.03. The number of aromatic nitrogens is 2. The molecule has 0 aliphatic carbocycles. The number of ether oxygens (including phenoxy) is 1. The number of hydrogen-bond donors (Lipinski definition) is 1. The second kappa shape index (κ2) is 9.34. The molecular formula is C23H28N4O3. The molecule has 2 aliphatic rings. The molecule has 1 atom stereocenters. The van der Waals surface area contributed by atoms with Gasteiger partial charge in [-0.2, -0.15) is 0 Å². The lowest BCUT2D eigenvalue weighted by Gasteiger charge is -2.46. The normalized spacial score (nSPS) is 20.7. The Morgan fingerprint density at radius 2 is 2.03 bits per heavy atom. The summed E-state index contributed by atoms with van der Waals surface area (Å²) in [6, 6.07) is 9.13. The van der Waals surface area contributed by atoms with Crippen molar-refractivity contribution in [1.29, 1.82) is 0 Å².